The molecule has 0 aliphatic heterocycles. The van der Waals surface area contributed by atoms with Crippen LogP contribution in [0.4, 0.5) is 0 Å². The van der Waals surface area contributed by atoms with E-state index in [9.17, 15) is 0 Å². The maximum atomic E-state index is 3.61. The zero-order valence-electron chi connectivity index (χ0n) is 9.09. The minimum absolute atomic E-state index is 0.833. The van der Waals surface area contributed by atoms with E-state index in [2.05, 4.69) is 27.4 Å². The van der Waals surface area contributed by atoms with Gasteiger partial charge in [-0.1, -0.05) is 57.2 Å². The van der Waals surface area contributed by atoms with Gasteiger partial charge in [0.1, 0.15) is 0 Å². The molecule has 0 saturated carbocycles. The summed E-state index contributed by atoms with van der Waals surface area (Å²) in [6.45, 7) is 14.1. The average Bonchev–Trinajstić information content (AvgIpc) is 1.99. The van der Waals surface area contributed by atoms with Gasteiger partial charge >= 0.3 is 0 Å². The average molecular weight is 166 g/mol. The van der Waals surface area contributed by atoms with Crippen molar-refractivity contribution in [1.29, 1.82) is 0 Å². The molecule has 70 valence electrons. The molecule has 0 aromatic rings. The molecule has 0 saturated heterocycles. The zero-order chi connectivity index (χ0) is 9.98. The highest BCUT2D eigenvalue weighted by Crippen LogP contribution is 1.91. The summed E-state index contributed by atoms with van der Waals surface area (Å²) in [4.78, 5) is 0. The van der Waals surface area contributed by atoms with Crippen molar-refractivity contribution in [2.45, 2.75) is 34.6 Å². The minimum Gasteiger partial charge on any atom is -0.0988 e. The van der Waals surface area contributed by atoms with Crippen molar-refractivity contribution in [1.82, 2.24) is 0 Å². The van der Waals surface area contributed by atoms with Gasteiger partial charge in [0.25, 0.3) is 0 Å². The lowest BCUT2D eigenvalue weighted by Crippen LogP contribution is -1.66. The smallest absolute Gasteiger partial charge is 0.0398 e. The molecule has 0 bridgehead atoms. The Balaban J connectivity index is 0. The third-order valence-electron chi connectivity index (χ3n) is 0.874. The summed E-state index contributed by atoms with van der Waals surface area (Å²) in [5.74, 6) is 0.833. The number of allylic oxidation sites excluding steroid dienone is 5. The van der Waals surface area contributed by atoms with Gasteiger partial charge in [-0.3, -0.25) is 0 Å². The van der Waals surface area contributed by atoms with Crippen molar-refractivity contribution in [3.8, 4) is 0 Å². The molecule has 0 aromatic heterocycles. The lowest BCUT2D eigenvalue weighted by Gasteiger charge is -1.81. The van der Waals surface area contributed by atoms with Crippen LogP contribution in [0.3, 0.4) is 0 Å². The van der Waals surface area contributed by atoms with Crippen LogP contribution in [-0.4, -0.2) is 0 Å². The molecule has 0 aromatic carbocycles. The van der Waals surface area contributed by atoms with Gasteiger partial charge in [-0.05, 0) is 19.8 Å². The fourth-order valence-corrected chi connectivity index (χ4v) is 0.316. The molecule has 0 radical (unpaired) electrons. The number of rotatable bonds is 2. The molecule has 0 fully saturated rings. The Hall–Kier alpha value is -0.780. The van der Waals surface area contributed by atoms with Crippen LogP contribution in [0.5, 0.6) is 0 Å². The third kappa shape index (κ3) is 22.9. The second-order valence-corrected chi connectivity index (χ2v) is 3.37. The summed E-state index contributed by atoms with van der Waals surface area (Å²) in [5.41, 5.74) is 1.20. The molecule has 0 heteroatoms. The molecule has 0 N–H and O–H groups in total. The first-order chi connectivity index (χ1) is 5.54. The highest BCUT2D eigenvalue weighted by molar-refractivity contribution is 5.18. The Labute approximate surface area is 77.7 Å². The van der Waals surface area contributed by atoms with Crippen LogP contribution < -0.4 is 0 Å². The van der Waals surface area contributed by atoms with Crippen LogP contribution in [0.15, 0.2) is 36.5 Å². The summed E-state index contributed by atoms with van der Waals surface area (Å²) < 4.78 is 0. The molecule has 0 atom stereocenters. The molecule has 0 aliphatic carbocycles. The standard InChI is InChI=1S/C8H12.C4H10/c1-4-6-7-8(3)5-2;1-4(2)3/h4-7H,2H2,1,3H3;4H,1-3H3/b6-4-,8-7-;. The molecule has 0 heterocycles. The maximum absolute atomic E-state index is 3.61. The van der Waals surface area contributed by atoms with Gasteiger partial charge in [0, 0.05) is 0 Å². The Bertz CT molecular complexity index is 145. The fourth-order valence-electron chi connectivity index (χ4n) is 0.316. The van der Waals surface area contributed by atoms with Crippen molar-refractivity contribution >= 4 is 0 Å². The zero-order valence-corrected chi connectivity index (χ0v) is 9.09. The highest BCUT2D eigenvalue weighted by Gasteiger charge is 1.70. The largest absolute Gasteiger partial charge is 0.0988 e. The van der Waals surface area contributed by atoms with Crippen LogP contribution in [0.25, 0.3) is 0 Å². The summed E-state index contributed by atoms with van der Waals surface area (Å²) >= 11 is 0. The van der Waals surface area contributed by atoms with Crippen LogP contribution >= 0.6 is 0 Å². The van der Waals surface area contributed by atoms with E-state index < -0.39 is 0 Å². The van der Waals surface area contributed by atoms with E-state index >= 15 is 0 Å². The summed E-state index contributed by atoms with van der Waals surface area (Å²) in [5, 5.41) is 0. The van der Waals surface area contributed by atoms with Gasteiger partial charge in [-0.25, -0.2) is 0 Å². The Kier molecular flexibility index (Phi) is 11.7. The van der Waals surface area contributed by atoms with E-state index in [1.807, 2.05) is 38.2 Å². The highest BCUT2D eigenvalue weighted by atomic mass is 13.8. The summed E-state index contributed by atoms with van der Waals surface area (Å²) in [6.07, 6.45) is 7.84. The van der Waals surface area contributed by atoms with Crippen molar-refractivity contribution in [2.75, 3.05) is 0 Å². The van der Waals surface area contributed by atoms with E-state index in [1.54, 1.807) is 0 Å². The first kappa shape index (κ1) is 13.8. The van der Waals surface area contributed by atoms with Crippen LogP contribution in [-0.2, 0) is 0 Å². The van der Waals surface area contributed by atoms with E-state index in [0.717, 1.165) is 5.92 Å². The van der Waals surface area contributed by atoms with Gasteiger partial charge in [0.15, 0.2) is 0 Å². The normalized spacial score (nSPS) is 11.3. The second kappa shape index (κ2) is 10.2. The predicted molar refractivity (Wildman–Crippen MR) is 59.3 cm³/mol. The van der Waals surface area contributed by atoms with E-state index in [-0.39, 0.29) is 0 Å². The van der Waals surface area contributed by atoms with Crippen LogP contribution in [0.1, 0.15) is 34.6 Å². The van der Waals surface area contributed by atoms with Gasteiger partial charge < -0.3 is 0 Å². The first-order valence-electron chi connectivity index (χ1n) is 4.46. The molecular weight excluding hydrogens is 144 g/mol. The minimum atomic E-state index is 0.833. The monoisotopic (exact) mass is 166 g/mol. The third-order valence-corrected chi connectivity index (χ3v) is 0.874. The Morgan fingerprint density at radius 3 is 1.92 bits per heavy atom. The molecule has 0 unspecified atom stereocenters. The molecule has 0 rings (SSSR count). The van der Waals surface area contributed by atoms with Crippen LogP contribution in [0.2, 0.25) is 0 Å². The maximum Gasteiger partial charge on any atom is -0.0398 e. The van der Waals surface area contributed by atoms with Crippen molar-refractivity contribution in [3.63, 3.8) is 0 Å². The van der Waals surface area contributed by atoms with Gasteiger partial charge in [0.2, 0.25) is 0 Å². The lowest BCUT2D eigenvalue weighted by molar-refractivity contribution is 0.737. The SMILES string of the molecule is C=C/C(C)=C\C=C/C.CC(C)C. The summed E-state index contributed by atoms with van der Waals surface area (Å²) in [7, 11) is 0. The van der Waals surface area contributed by atoms with Gasteiger partial charge in [-0.15, -0.1) is 0 Å². The van der Waals surface area contributed by atoms with E-state index in [4.69, 9.17) is 0 Å². The van der Waals surface area contributed by atoms with Crippen molar-refractivity contribution in [3.05, 3.63) is 36.5 Å². The van der Waals surface area contributed by atoms with E-state index in [1.165, 1.54) is 5.57 Å². The molecular formula is C12H22. The topological polar surface area (TPSA) is 0 Å². The summed E-state index contributed by atoms with van der Waals surface area (Å²) in [6, 6.07) is 0. The molecule has 12 heavy (non-hydrogen) atoms. The molecule has 0 aliphatic rings. The number of hydrogen-bond acceptors (Lipinski definition) is 0. The Morgan fingerprint density at radius 2 is 1.67 bits per heavy atom. The van der Waals surface area contributed by atoms with E-state index in [0.29, 0.717) is 0 Å². The Morgan fingerprint density at radius 1 is 1.25 bits per heavy atom. The van der Waals surface area contributed by atoms with Crippen LogP contribution in [0, 0.1) is 5.92 Å². The molecule has 0 spiro atoms. The number of hydrogen-bond donors (Lipinski definition) is 0. The molecule has 0 amide bonds. The van der Waals surface area contributed by atoms with Crippen molar-refractivity contribution in [2.24, 2.45) is 5.92 Å². The first-order valence-corrected chi connectivity index (χ1v) is 4.46. The quantitative estimate of drug-likeness (QED) is 0.535. The second-order valence-electron chi connectivity index (χ2n) is 3.37. The van der Waals surface area contributed by atoms with Gasteiger partial charge in [0.05, 0.1) is 0 Å². The predicted octanol–water partition coefficient (Wildman–Crippen LogP) is 4.36. The lowest BCUT2D eigenvalue weighted by atomic mass is 10.3. The van der Waals surface area contributed by atoms with Crippen molar-refractivity contribution < 1.29 is 0 Å². The molecule has 0 nitrogen and oxygen atoms in total. The fraction of sp³-hybridized carbons (Fsp3) is 0.500. The van der Waals surface area contributed by atoms with Gasteiger partial charge in [-0.2, -0.15) is 0 Å².